The molecular weight excluding hydrogens is 208 g/mol. The second-order valence-electron chi connectivity index (χ2n) is 6.29. The van der Waals surface area contributed by atoms with Gasteiger partial charge in [-0.3, -0.25) is 4.90 Å². The molecule has 2 heteroatoms. The number of rotatable bonds is 3. The van der Waals surface area contributed by atoms with Crippen LogP contribution in [0.2, 0.25) is 0 Å². The molecule has 1 saturated heterocycles. The lowest BCUT2D eigenvalue weighted by Gasteiger charge is -2.42. The Balaban J connectivity index is 1.75. The monoisotopic (exact) mass is 238 g/mol. The van der Waals surface area contributed by atoms with E-state index in [1.165, 1.54) is 58.3 Å². The molecule has 0 spiro atoms. The van der Waals surface area contributed by atoms with Crippen LogP contribution in [0.4, 0.5) is 0 Å². The van der Waals surface area contributed by atoms with Gasteiger partial charge in [0.05, 0.1) is 0 Å². The summed E-state index contributed by atoms with van der Waals surface area (Å²) in [5.41, 5.74) is 0. The smallest absolute Gasteiger partial charge is 0.0113 e. The van der Waals surface area contributed by atoms with Gasteiger partial charge in [-0.05, 0) is 44.6 Å². The van der Waals surface area contributed by atoms with Crippen molar-refractivity contribution in [1.82, 2.24) is 9.80 Å². The van der Waals surface area contributed by atoms with Crippen LogP contribution in [-0.4, -0.2) is 49.1 Å². The van der Waals surface area contributed by atoms with Gasteiger partial charge in [0.15, 0.2) is 0 Å². The number of hydrogen-bond donors (Lipinski definition) is 0. The maximum Gasteiger partial charge on any atom is 0.0113 e. The Morgan fingerprint density at radius 2 is 1.59 bits per heavy atom. The molecule has 0 N–H and O–H groups in total. The van der Waals surface area contributed by atoms with Crippen LogP contribution in [0.3, 0.4) is 0 Å². The summed E-state index contributed by atoms with van der Waals surface area (Å²) < 4.78 is 0. The molecular formula is C15H30N2. The Kier molecular flexibility index (Phi) is 4.87. The quantitative estimate of drug-likeness (QED) is 0.746. The molecule has 100 valence electrons. The molecule has 2 fully saturated rings. The van der Waals surface area contributed by atoms with Crippen LogP contribution >= 0.6 is 0 Å². The molecule has 17 heavy (non-hydrogen) atoms. The van der Waals surface area contributed by atoms with Crippen molar-refractivity contribution in [2.75, 3.05) is 33.2 Å². The number of likely N-dealkylation sites (N-methyl/N-ethyl adjacent to an activating group) is 1. The largest absolute Gasteiger partial charge is 0.304 e. The molecule has 2 nitrogen and oxygen atoms in total. The molecule has 1 aliphatic heterocycles. The fourth-order valence-corrected chi connectivity index (χ4v) is 3.56. The van der Waals surface area contributed by atoms with E-state index in [9.17, 15) is 0 Å². The van der Waals surface area contributed by atoms with Gasteiger partial charge in [-0.2, -0.15) is 0 Å². The lowest BCUT2D eigenvalue weighted by atomic mass is 9.77. The first kappa shape index (κ1) is 13.4. The average molecular weight is 238 g/mol. The van der Waals surface area contributed by atoms with Crippen molar-refractivity contribution in [1.29, 1.82) is 0 Å². The third-order valence-electron chi connectivity index (χ3n) is 5.24. The normalized spacial score (nSPS) is 34.8. The second-order valence-corrected chi connectivity index (χ2v) is 6.29. The molecule has 0 unspecified atom stereocenters. The lowest BCUT2D eigenvalue weighted by molar-refractivity contribution is 0.0736. The highest BCUT2D eigenvalue weighted by molar-refractivity contribution is 4.83. The van der Waals surface area contributed by atoms with Gasteiger partial charge in [-0.25, -0.2) is 0 Å². The van der Waals surface area contributed by atoms with Gasteiger partial charge >= 0.3 is 0 Å². The Morgan fingerprint density at radius 3 is 2.12 bits per heavy atom. The third-order valence-corrected chi connectivity index (χ3v) is 5.24. The molecule has 2 aliphatic rings. The van der Waals surface area contributed by atoms with E-state index in [0.717, 1.165) is 17.9 Å². The minimum absolute atomic E-state index is 0.906. The highest BCUT2D eigenvalue weighted by atomic mass is 15.3. The van der Waals surface area contributed by atoms with E-state index in [1.807, 2.05) is 0 Å². The van der Waals surface area contributed by atoms with Gasteiger partial charge < -0.3 is 4.90 Å². The number of hydrogen-bond acceptors (Lipinski definition) is 2. The number of nitrogens with zero attached hydrogens (tertiary/aromatic N) is 2. The zero-order valence-electron chi connectivity index (χ0n) is 12.0. The van der Waals surface area contributed by atoms with Crippen LogP contribution in [0, 0.1) is 11.8 Å². The molecule has 1 saturated carbocycles. The summed E-state index contributed by atoms with van der Waals surface area (Å²) in [4.78, 5) is 5.22. The first-order valence-corrected chi connectivity index (χ1v) is 7.63. The standard InChI is InChI=1S/C15H30N2/c1-4-13(2)14-5-7-15(8-6-14)17-11-9-16(3)10-12-17/h13-15H,4-12H2,1-3H3/t13-,14-,15+/m0/s1. The average Bonchev–Trinajstić information content (AvgIpc) is 2.39. The van der Waals surface area contributed by atoms with Gasteiger partial charge in [0.1, 0.15) is 0 Å². The van der Waals surface area contributed by atoms with Gasteiger partial charge in [-0.15, -0.1) is 0 Å². The molecule has 0 bridgehead atoms. The zero-order valence-corrected chi connectivity index (χ0v) is 12.0. The van der Waals surface area contributed by atoms with Crippen molar-refractivity contribution >= 4 is 0 Å². The molecule has 1 atom stereocenters. The molecule has 0 aromatic rings. The first-order chi connectivity index (χ1) is 8.20. The highest BCUT2D eigenvalue weighted by Crippen LogP contribution is 2.33. The topological polar surface area (TPSA) is 6.48 Å². The summed E-state index contributed by atoms with van der Waals surface area (Å²) in [6.07, 6.45) is 7.24. The maximum absolute atomic E-state index is 2.76. The van der Waals surface area contributed by atoms with Crippen molar-refractivity contribution in [2.24, 2.45) is 11.8 Å². The Hall–Kier alpha value is -0.0800. The lowest BCUT2D eigenvalue weighted by Crippen LogP contribution is -2.50. The summed E-state index contributed by atoms with van der Waals surface area (Å²) >= 11 is 0. The molecule has 2 rings (SSSR count). The van der Waals surface area contributed by atoms with E-state index in [-0.39, 0.29) is 0 Å². The maximum atomic E-state index is 2.76. The van der Waals surface area contributed by atoms with Crippen molar-refractivity contribution in [3.8, 4) is 0 Å². The fourth-order valence-electron chi connectivity index (χ4n) is 3.56. The van der Waals surface area contributed by atoms with E-state index >= 15 is 0 Å². The summed E-state index contributed by atoms with van der Waals surface area (Å²) in [5, 5.41) is 0. The molecule has 0 amide bonds. The van der Waals surface area contributed by atoms with Crippen LogP contribution < -0.4 is 0 Å². The summed E-state index contributed by atoms with van der Waals surface area (Å²) in [5.74, 6) is 1.96. The Morgan fingerprint density at radius 1 is 1.00 bits per heavy atom. The van der Waals surface area contributed by atoms with Gasteiger partial charge in [0, 0.05) is 32.2 Å². The predicted octanol–water partition coefficient (Wildman–Crippen LogP) is 2.84. The van der Waals surface area contributed by atoms with E-state index in [2.05, 4.69) is 30.7 Å². The minimum Gasteiger partial charge on any atom is -0.304 e. The van der Waals surface area contributed by atoms with Gasteiger partial charge in [0.25, 0.3) is 0 Å². The highest BCUT2D eigenvalue weighted by Gasteiger charge is 2.29. The van der Waals surface area contributed by atoms with Gasteiger partial charge in [-0.1, -0.05) is 20.3 Å². The van der Waals surface area contributed by atoms with Crippen LogP contribution in [0.1, 0.15) is 46.0 Å². The molecule has 1 heterocycles. The summed E-state index contributed by atoms with van der Waals surface area (Å²) in [6.45, 7) is 9.93. The fraction of sp³-hybridized carbons (Fsp3) is 1.00. The summed E-state index contributed by atoms with van der Waals surface area (Å²) in [7, 11) is 2.25. The summed E-state index contributed by atoms with van der Waals surface area (Å²) in [6, 6.07) is 0.906. The van der Waals surface area contributed by atoms with E-state index in [4.69, 9.17) is 0 Å². The van der Waals surface area contributed by atoms with Gasteiger partial charge in [0.2, 0.25) is 0 Å². The molecule has 0 aromatic heterocycles. The molecule has 0 radical (unpaired) electrons. The van der Waals surface area contributed by atoms with E-state index < -0.39 is 0 Å². The van der Waals surface area contributed by atoms with Crippen molar-refractivity contribution < 1.29 is 0 Å². The first-order valence-electron chi connectivity index (χ1n) is 7.63. The van der Waals surface area contributed by atoms with Crippen LogP contribution in [0.5, 0.6) is 0 Å². The van der Waals surface area contributed by atoms with Crippen LogP contribution in [0.15, 0.2) is 0 Å². The minimum atomic E-state index is 0.906. The van der Waals surface area contributed by atoms with Crippen LogP contribution in [-0.2, 0) is 0 Å². The molecule has 1 aliphatic carbocycles. The SMILES string of the molecule is CC[C@H](C)[C@H]1CC[C@@H](N2CCN(C)CC2)CC1. The van der Waals surface area contributed by atoms with E-state index in [1.54, 1.807) is 0 Å². The molecule has 0 aromatic carbocycles. The second kappa shape index (κ2) is 6.19. The van der Waals surface area contributed by atoms with Crippen molar-refractivity contribution in [3.05, 3.63) is 0 Å². The Labute approximate surface area is 107 Å². The Bertz CT molecular complexity index is 213. The van der Waals surface area contributed by atoms with Crippen LogP contribution in [0.25, 0.3) is 0 Å². The van der Waals surface area contributed by atoms with E-state index in [0.29, 0.717) is 0 Å². The predicted molar refractivity (Wildman–Crippen MR) is 74.3 cm³/mol. The number of piperazine rings is 1. The zero-order chi connectivity index (χ0) is 12.3. The van der Waals surface area contributed by atoms with Crippen molar-refractivity contribution in [2.45, 2.75) is 52.0 Å². The van der Waals surface area contributed by atoms with Crippen molar-refractivity contribution in [3.63, 3.8) is 0 Å². The third kappa shape index (κ3) is 3.45.